The molecule has 0 atom stereocenters. The molecule has 0 unspecified atom stereocenters. The first-order chi connectivity index (χ1) is 14.5. The van der Waals surface area contributed by atoms with Gasteiger partial charge in [0.05, 0.1) is 18.9 Å². The molecule has 3 aromatic rings. The number of hydrogen-bond acceptors (Lipinski definition) is 5. The molecule has 0 aliphatic carbocycles. The summed E-state index contributed by atoms with van der Waals surface area (Å²) in [5.74, 6) is 0.322. The van der Waals surface area contributed by atoms with Crippen molar-refractivity contribution < 1.29 is 19.4 Å². The van der Waals surface area contributed by atoms with Gasteiger partial charge in [-0.3, -0.25) is 4.79 Å². The molecule has 0 heterocycles. The number of hydrazone groups is 1. The van der Waals surface area contributed by atoms with Gasteiger partial charge < -0.3 is 14.6 Å². The average molecular weight is 534 g/mol. The molecule has 0 aliphatic rings. The Morgan fingerprint density at radius 1 is 1.10 bits per heavy atom. The zero-order chi connectivity index (χ0) is 21.5. The van der Waals surface area contributed by atoms with Crippen LogP contribution in [0.5, 0.6) is 17.2 Å². The molecule has 0 aromatic heterocycles. The van der Waals surface area contributed by atoms with Crippen LogP contribution in [0.25, 0.3) is 11.1 Å². The van der Waals surface area contributed by atoms with Gasteiger partial charge in [-0.2, -0.15) is 5.10 Å². The summed E-state index contributed by atoms with van der Waals surface area (Å²) in [5.41, 5.74) is 4.90. The molecule has 1 amide bonds. The maximum Gasteiger partial charge on any atom is 0.277 e. The lowest BCUT2D eigenvalue weighted by Gasteiger charge is -2.10. The molecule has 30 heavy (non-hydrogen) atoms. The number of nitrogens with zero attached hydrogens (tertiary/aromatic N) is 1. The van der Waals surface area contributed by atoms with Crippen molar-refractivity contribution in [2.24, 2.45) is 5.10 Å². The van der Waals surface area contributed by atoms with E-state index >= 15 is 0 Å². The lowest BCUT2D eigenvalue weighted by Crippen LogP contribution is -2.24. The number of carbonyl (C=O) groups excluding carboxylic acids is 1. The summed E-state index contributed by atoms with van der Waals surface area (Å²) in [7, 11) is 1.45. The number of amides is 1. The quantitative estimate of drug-likeness (QED) is 0.326. The molecule has 8 heteroatoms. The second-order valence-corrected chi connectivity index (χ2v) is 7.76. The summed E-state index contributed by atoms with van der Waals surface area (Å²) in [6.45, 7) is -0.197. The van der Waals surface area contributed by atoms with E-state index in [1.54, 1.807) is 6.07 Å². The van der Waals surface area contributed by atoms with Gasteiger partial charge in [0, 0.05) is 8.95 Å². The molecule has 6 nitrogen and oxygen atoms in total. The Kier molecular flexibility index (Phi) is 7.48. The SMILES string of the molecule is COc1cc(Br)c(Br)c(C=NNC(=O)COc2ccc(-c3ccccc3)cc2)c1O. The first-order valence-electron chi connectivity index (χ1n) is 8.84. The fourth-order valence-electron chi connectivity index (χ4n) is 2.61. The van der Waals surface area contributed by atoms with Gasteiger partial charge >= 0.3 is 0 Å². The molecular formula is C22H18Br2N2O4. The first-order valence-corrected chi connectivity index (χ1v) is 10.4. The van der Waals surface area contributed by atoms with Gasteiger partial charge in [0.25, 0.3) is 5.91 Å². The van der Waals surface area contributed by atoms with E-state index < -0.39 is 5.91 Å². The number of phenolic OH excluding ortho intramolecular Hbond substituents is 1. The maximum atomic E-state index is 12.0. The molecule has 0 saturated heterocycles. The van der Waals surface area contributed by atoms with Crippen LogP contribution in [0.3, 0.4) is 0 Å². The van der Waals surface area contributed by atoms with E-state index in [2.05, 4.69) is 42.4 Å². The van der Waals surface area contributed by atoms with Crippen molar-refractivity contribution in [1.29, 1.82) is 0 Å². The van der Waals surface area contributed by atoms with Gasteiger partial charge in [0.15, 0.2) is 18.1 Å². The molecule has 0 saturated carbocycles. The molecular weight excluding hydrogens is 516 g/mol. The number of nitrogens with one attached hydrogen (secondary N) is 1. The van der Waals surface area contributed by atoms with E-state index in [1.807, 2.05) is 54.6 Å². The second-order valence-electron chi connectivity index (χ2n) is 6.11. The van der Waals surface area contributed by atoms with Gasteiger partial charge in [-0.15, -0.1) is 0 Å². The lowest BCUT2D eigenvalue weighted by atomic mass is 10.1. The minimum absolute atomic E-state index is 0.0969. The molecule has 0 radical (unpaired) electrons. The number of aromatic hydroxyl groups is 1. The van der Waals surface area contributed by atoms with E-state index in [1.165, 1.54) is 13.3 Å². The summed E-state index contributed by atoms with van der Waals surface area (Å²) < 4.78 is 11.8. The van der Waals surface area contributed by atoms with Gasteiger partial charge in [-0.05, 0) is 61.2 Å². The zero-order valence-electron chi connectivity index (χ0n) is 15.9. The van der Waals surface area contributed by atoms with Crippen LogP contribution >= 0.6 is 31.9 Å². The number of hydrogen-bond donors (Lipinski definition) is 2. The Bertz CT molecular complexity index is 1050. The Balaban J connectivity index is 1.56. The van der Waals surface area contributed by atoms with Crippen LogP contribution in [0.4, 0.5) is 0 Å². The topological polar surface area (TPSA) is 80.2 Å². The summed E-state index contributed by atoms with van der Waals surface area (Å²) in [6.07, 6.45) is 1.32. The van der Waals surface area contributed by atoms with Crippen molar-refractivity contribution in [3.05, 3.63) is 75.2 Å². The van der Waals surface area contributed by atoms with Crippen molar-refractivity contribution in [2.45, 2.75) is 0 Å². The fourth-order valence-corrected chi connectivity index (χ4v) is 3.44. The third-order valence-corrected chi connectivity index (χ3v) is 6.14. The van der Waals surface area contributed by atoms with Crippen molar-refractivity contribution in [2.75, 3.05) is 13.7 Å². The van der Waals surface area contributed by atoms with Crippen LogP contribution < -0.4 is 14.9 Å². The van der Waals surface area contributed by atoms with Crippen molar-refractivity contribution in [3.8, 4) is 28.4 Å². The average Bonchev–Trinajstić information content (AvgIpc) is 2.78. The predicted molar refractivity (Wildman–Crippen MR) is 123 cm³/mol. The van der Waals surface area contributed by atoms with Crippen LogP contribution in [-0.2, 0) is 4.79 Å². The molecule has 3 aromatic carbocycles. The number of methoxy groups -OCH3 is 1. The van der Waals surface area contributed by atoms with Crippen LogP contribution in [0.1, 0.15) is 5.56 Å². The van der Waals surface area contributed by atoms with Crippen molar-refractivity contribution in [3.63, 3.8) is 0 Å². The third kappa shape index (κ3) is 5.40. The summed E-state index contributed by atoms with van der Waals surface area (Å²) in [4.78, 5) is 12.0. The summed E-state index contributed by atoms with van der Waals surface area (Å²) in [5, 5.41) is 14.1. The van der Waals surface area contributed by atoms with Crippen LogP contribution in [0.15, 0.2) is 74.7 Å². The molecule has 3 rings (SSSR count). The highest BCUT2D eigenvalue weighted by Crippen LogP contribution is 2.39. The monoisotopic (exact) mass is 532 g/mol. The van der Waals surface area contributed by atoms with Crippen LogP contribution in [0.2, 0.25) is 0 Å². The lowest BCUT2D eigenvalue weighted by molar-refractivity contribution is -0.123. The molecule has 0 aliphatic heterocycles. The standard InChI is InChI=1S/C22H18Br2N2O4/c1-29-19-11-18(23)21(24)17(22(19)28)12-25-26-20(27)13-30-16-9-7-15(8-10-16)14-5-3-2-4-6-14/h2-12,28H,13H2,1H3,(H,26,27). The fraction of sp³-hybridized carbons (Fsp3) is 0.0909. The Hall–Kier alpha value is -2.84. The zero-order valence-corrected chi connectivity index (χ0v) is 19.1. The Morgan fingerprint density at radius 3 is 2.43 bits per heavy atom. The molecule has 0 spiro atoms. The number of ether oxygens (including phenoxy) is 2. The van der Waals surface area contributed by atoms with Crippen molar-refractivity contribution in [1.82, 2.24) is 5.43 Å². The summed E-state index contributed by atoms with van der Waals surface area (Å²) in [6, 6.07) is 19.1. The minimum atomic E-state index is -0.434. The number of halogens is 2. The van der Waals surface area contributed by atoms with Gasteiger partial charge in [0.2, 0.25) is 0 Å². The number of rotatable bonds is 7. The van der Waals surface area contributed by atoms with Crippen LogP contribution in [-0.4, -0.2) is 30.9 Å². The van der Waals surface area contributed by atoms with E-state index in [0.717, 1.165) is 11.1 Å². The van der Waals surface area contributed by atoms with E-state index in [0.29, 0.717) is 20.3 Å². The van der Waals surface area contributed by atoms with E-state index in [9.17, 15) is 9.90 Å². The largest absolute Gasteiger partial charge is 0.504 e. The first kappa shape index (κ1) is 21.9. The molecule has 0 bridgehead atoms. The van der Waals surface area contributed by atoms with Gasteiger partial charge in [0.1, 0.15) is 5.75 Å². The van der Waals surface area contributed by atoms with E-state index in [4.69, 9.17) is 9.47 Å². The van der Waals surface area contributed by atoms with Gasteiger partial charge in [-0.1, -0.05) is 42.5 Å². The third-order valence-electron chi connectivity index (χ3n) is 4.13. The Labute approximate surface area is 190 Å². The summed E-state index contributed by atoms with van der Waals surface area (Å²) >= 11 is 6.71. The highest BCUT2D eigenvalue weighted by atomic mass is 79.9. The van der Waals surface area contributed by atoms with Gasteiger partial charge in [-0.25, -0.2) is 5.43 Å². The Morgan fingerprint density at radius 2 is 1.77 bits per heavy atom. The van der Waals surface area contributed by atoms with E-state index in [-0.39, 0.29) is 18.1 Å². The molecule has 0 fully saturated rings. The minimum Gasteiger partial charge on any atom is -0.504 e. The smallest absolute Gasteiger partial charge is 0.277 e. The van der Waals surface area contributed by atoms with Crippen molar-refractivity contribution >= 4 is 44.0 Å². The molecule has 154 valence electrons. The highest BCUT2D eigenvalue weighted by Gasteiger charge is 2.14. The highest BCUT2D eigenvalue weighted by molar-refractivity contribution is 9.13. The van der Waals surface area contributed by atoms with Crippen LogP contribution in [0, 0.1) is 0 Å². The predicted octanol–water partition coefficient (Wildman–Crippen LogP) is 5.12. The number of carbonyl (C=O) groups is 1. The number of phenols is 1. The normalized spacial score (nSPS) is 10.8. The maximum absolute atomic E-state index is 12.0. The second kappa shape index (κ2) is 10.3. The number of benzene rings is 3. The molecule has 2 N–H and O–H groups in total.